The SMILES string of the molecule is CCc1nn(C)cc1NS(=O)(=O)c1cccc(C(=O)O)c1. The second kappa shape index (κ2) is 5.57. The topological polar surface area (TPSA) is 101 Å². The fraction of sp³-hybridized carbons (Fsp3) is 0.231. The number of anilines is 1. The van der Waals surface area contributed by atoms with Crippen LogP contribution in [0, 0.1) is 0 Å². The van der Waals surface area contributed by atoms with Crippen LogP contribution in [0.25, 0.3) is 0 Å². The summed E-state index contributed by atoms with van der Waals surface area (Å²) in [5.74, 6) is -1.18. The van der Waals surface area contributed by atoms with Crippen molar-refractivity contribution in [2.75, 3.05) is 4.72 Å². The summed E-state index contributed by atoms with van der Waals surface area (Å²) < 4.78 is 28.6. The first-order valence-corrected chi connectivity index (χ1v) is 7.70. The minimum Gasteiger partial charge on any atom is -0.478 e. The Labute approximate surface area is 122 Å². The van der Waals surface area contributed by atoms with Gasteiger partial charge in [0, 0.05) is 13.2 Å². The molecule has 21 heavy (non-hydrogen) atoms. The second-order valence-electron chi connectivity index (χ2n) is 4.46. The summed E-state index contributed by atoms with van der Waals surface area (Å²) in [6.45, 7) is 1.87. The van der Waals surface area contributed by atoms with Crippen molar-refractivity contribution in [3.8, 4) is 0 Å². The highest BCUT2D eigenvalue weighted by Crippen LogP contribution is 2.20. The molecule has 2 N–H and O–H groups in total. The van der Waals surface area contributed by atoms with E-state index in [1.165, 1.54) is 22.9 Å². The van der Waals surface area contributed by atoms with Gasteiger partial charge >= 0.3 is 5.97 Å². The fourth-order valence-corrected chi connectivity index (χ4v) is 3.00. The number of rotatable bonds is 5. The number of carboxylic acids is 1. The molecule has 8 heteroatoms. The van der Waals surface area contributed by atoms with E-state index in [0.29, 0.717) is 17.8 Å². The van der Waals surface area contributed by atoms with Crippen molar-refractivity contribution in [3.05, 3.63) is 41.7 Å². The van der Waals surface area contributed by atoms with E-state index in [1.54, 1.807) is 13.2 Å². The lowest BCUT2D eigenvalue weighted by atomic mass is 10.2. The van der Waals surface area contributed by atoms with Crippen LogP contribution in [0.2, 0.25) is 0 Å². The Kier molecular flexibility index (Phi) is 3.99. The molecule has 2 rings (SSSR count). The molecule has 1 aromatic heterocycles. The maximum Gasteiger partial charge on any atom is 0.335 e. The molecule has 1 aromatic carbocycles. The molecule has 0 saturated carbocycles. The number of hydrogen-bond acceptors (Lipinski definition) is 4. The minimum absolute atomic E-state index is 0.0835. The third kappa shape index (κ3) is 3.22. The van der Waals surface area contributed by atoms with E-state index in [1.807, 2.05) is 6.92 Å². The van der Waals surface area contributed by atoms with Crippen molar-refractivity contribution < 1.29 is 18.3 Å². The maximum atomic E-state index is 12.3. The second-order valence-corrected chi connectivity index (χ2v) is 6.14. The van der Waals surface area contributed by atoms with Crippen molar-refractivity contribution in [1.29, 1.82) is 0 Å². The predicted molar refractivity (Wildman–Crippen MR) is 76.8 cm³/mol. The zero-order valence-electron chi connectivity index (χ0n) is 11.6. The highest BCUT2D eigenvalue weighted by molar-refractivity contribution is 7.92. The molecule has 0 amide bonds. The van der Waals surface area contributed by atoms with E-state index in [2.05, 4.69) is 9.82 Å². The molecule has 0 fully saturated rings. The number of benzene rings is 1. The Balaban J connectivity index is 2.38. The Morgan fingerprint density at radius 2 is 2.14 bits per heavy atom. The lowest BCUT2D eigenvalue weighted by Gasteiger charge is -2.08. The summed E-state index contributed by atoms with van der Waals surface area (Å²) in [5, 5.41) is 13.1. The quantitative estimate of drug-likeness (QED) is 0.871. The number of carbonyl (C=O) groups is 1. The Bertz CT molecular complexity index is 780. The van der Waals surface area contributed by atoms with Crippen molar-refractivity contribution in [2.45, 2.75) is 18.2 Å². The van der Waals surface area contributed by atoms with E-state index < -0.39 is 16.0 Å². The number of sulfonamides is 1. The van der Waals surface area contributed by atoms with Crippen LogP contribution in [-0.4, -0.2) is 29.3 Å². The Morgan fingerprint density at radius 1 is 1.43 bits per heavy atom. The van der Waals surface area contributed by atoms with Crippen LogP contribution < -0.4 is 4.72 Å². The Morgan fingerprint density at radius 3 is 2.76 bits per heavy atom. The zero-order valence-corrected chi connectivity index (χ0v) is 12.4. The van der Waals surface area contributed by atoms with Gasteiger partial charge in [-0.05, 0) is 24.6 Å². The molecule has 0 aliphatic heterocycles. The normalized spacial score (nSPS) is 11.3. The molecule has 0 radical (unpaired) electrons. The van der Waals surface area contributed by atoms with Crippen molar-refractivity contribution in [3.63, 3.8) is 0 Å². The van der Waals surface area contributed by atoms with E-state index in [9.17, 15) is 13.2 Å². The first kappa shape index (κ1) is 15.0. The van der Waals surface area contributed by atoms with Gasteiger partial charge in [-0.25, -0.2) is 13.2 Å². The third-order valence-electron chi connectivity index (χ3n) is 2.88. The molecule has 0 unspecified atom stereocenters. The van der Waals surface area contributed by atoms with E-state index in [0.717, 1.165) is 6.07 Å². The molecule has 0 saturated heterocycles. The van der Waals surface area contributed by atoms with E-state index >= 15 is 0 Å². The van der Waals surface area contributed by atoms with Crippen molar-refractivity contribution in [2.24, 2.45) is 7.05 Å². The Hall–Kier alpha value is -2.35. The highest BCUT2D eigenvalue weighted by Gasteiger charge is 2.18. The molecule has 7 nitrogen and oxygen atoms in total. The third-order valence-corrected chi connectivity index (χ3v) is 4.24. The average Bonchev–Trinajstić information content (AvgIpc) is 2.78. The van der Waals surface area contributed by atoms with Gasteiger partial charge < -0.3 is 5.11 Å². The molecule has 0 spiro atoms. The lowest BCUT2D eigenvalue weighted by molar-refractivity contribution is 0.0696. The monoisotopic (exact) mass is 309 g/mol. The number of aromatic carboxylic acids is 1. The summed E-state index contributed by atoms with van der Waals surface area (Å²) in [4.78, 5) is 10.8. The molecular formula is C13H15N3O4S. The summed E-state index contributed by atoms with van der Waals surface area (Å²) in [6.07, 6.45) is 2.14. The molecular weight excluding hydrogens is 294 g/mol. The maximum absolute atomic E-state index is 12.3. The molecule has 0 aliphatic rings. The van der Waals surface area contributed by atoms with Crippen LogP contribution in [0.5, 0.6) is 0 Å². The molecule has 0 atom stereocenters. The number of nitrogens with one attached hydrogen (secondary N) is 1. The van der Waals surface area contributed by atoms with Gasteiger partial charge in [-0.2, -0.15) is 5.10 Å². The first-order chi connectivity index (χ1) is 9.83. The van der Waals surface area contributed by atoms with Crippen molar-refractivity contribution in [1.82, 2.24) is 9.78 Å². The lowest BCUT2D eigenvalue weighted by Crippen LogP contribution is -2.14. The zero-order chi connectivity index (χ0) is 15.6. The first-order valence-electron chi connectivity index (χ1n) is 6.22. The average molecular weight is 309 g/mol. The molecule has 1 heterocycles. The molecule has 0 aliphatic carbocycles. The number of aromatic nitrogens is 2. The summed E-state index contributed by atoms with van der Waals surface area (Å²) in [5.41, 5.74) is 0.927. The van der Waals surface area contributed by atoms with Gasteiger partial charge in [-0.3, -0.25) is 9.40 Å². The van der Waals surface area contributed by atoms with Crippen LogP contribution in [0.4, 0.5) is 5.69 Å². The molecule has 112 valence electrons. The fourth-order valence-electron chi connectivity index (χ4n) is 1.88. The summed E-state index contributed by atoms with van der Waals surface area (Å²) in [6, 6.07) is 5.19. The summed E-state index contributed by atoms with van der Waals surface area (Å²) >= 11 is 0. The number of carboxylic acid groups (broad SMARTS) is 1. The molecule has 0 bridgehead atoms. The van der Waals surface area contributed by atoms with Crippen molar-refractivity contribution >= 4 is 21.7 Å². The molecule has 2 aromatic rings. The largest absolute Gasteiger partial charge is 0.478 e. The van der Waals surface area contributed by atoms with Gasteiger partial charge in [0.15, 0.2) is 0 Å². The van der Waals surface area contributed by atoms with Gasteiger partial charge in [0.2, 0.25) is 0 Å². The van der Waals surface area contributed by atoms with E-state index in [4.69, 9.17) is 5.11 Å². The van der Waals surface area contributed by atoms with Gasteiger partial charge in [-0.1, -0.05) is 13.0 Å². The summed E-state index contributed by atoms with van der Waals surface area (Å²) in [7, 11) is -2.16. The van der Waals surface area contributed by atoms with Gasteiger partial charge in [0.25, 0.3) is 10.0 Å². The standard InChI is InChI=1S/C13H15N3O4S/c1-3-11-12(8-16(2)14-11)15-21(19,20)10-6-4-5-9(7-10)13(17)18/h4-8,15H,3H2,1-2H3,(H,17,18). The van der Waals surface area contributed by atoms with Crippen LogP contribution in [-0.2, 0) is 23.5 Å². The van der Waals surface area contributed by atoms with Crippen LogP contribution in [0.3, 0.4) is 0 Å². The minimum atomic E-state index is -3.86. The van der Waals surface area contributed by atoms with Gasteiger partial charge in [0.05, 0.1) is 21.8 Å². The van der Waals surface area contributed by atoms with Crippen LogP contribution in [0.1, 0.15) is 23.0 Å². The van der Waals surface area contributed by atoms with Gasteiger partial charge in [-0.15, -0.1) is 0 Å². The van der Waals surface area contributed by atoms with Crippen LogP contribution >= 0.6 is 0 Å². The smallest absolute Gasteiger partial charge is 0.335 e. The highest BCUT2D eigenvalue weighted by atomic mass is 32.2. The van der Waals surface area contributed by atoms with E-state index in [-0.39, 0.29) is 10.5 Å². The van der Waals surface area contributed by atoms with Gasteiger partial charge in [0.1, 0.15) is 0 Å². The number of nitrogens with zero attached hydrogens (tertiary/aromatic N) is 2. The number of aryl methyl sites for hydroxylation is 2. The number of hydrogen-bond donors (Lipinski definition) is 2. The predicted octanol–water partition coefficient (Wildman–Crippen LogP) is 1.48. The van der Waals surface area contributed by atoms with Crippen LogP contribution in [0.15, 0.2) is 35.4 Å².